The average molecular weight is 538 g/mol. The number of piperazine rings is 1. The number of hydrogen-bond acceptors (Lipinski definition) is 6. The summed E-state index contributed by atoms with van der Waals surface area (Å²) in [7, 11) is 2.01. The van der Waals surface area contributed by atoms with Crippen molar-refractivity contribution >= 4 is 11.8 Å². The van der Waals surface area contributed by atoms with Crippen molar-refractivity contribution in [3.05, 3.63) is 77.6 Å². The van der Waals surface area contributed by atoms with E-state index >= 15 is 0 Å². The fourth-order valence-corrected chi connectivity index (χ4v) is 5.01. The van der Waals surface area contributed by atoms with Gasteiger partial charge in [0.25, 0.3) is 5.91 Å². The van der Waals surface area contributed by atoms with Crippen LogP contribution in [-0.2, 0) is 4.79 Å². The molecule has 1 aromatic heterocycles. The summed E-state index contributed by atoms with van der Waals surface area (Å²) in [5.74, 6) is -1.36. The van der Waals surface area contributed by atoms with Gasteiger partial charge >= 0.3 is 0 Å². The van der Waals surface area contributed by atoms with E-state index in [4.69, 9.17) is 0 Å². The largest absolute Gasteiger partial charge is 0.340 e. The summed E-state index contributed by atoms with van der Waals surface area (Å²) in [4.78, 5) is 30.4. The van der Waals surface area contributed by atoms with E-state index in [1.165, 1.54) is 35.1 Å². The van der Waals surface area contributed by atoms with Gasteiger partial charge in [0, 0.05) is 44.2 Å². The Kier molecular flexibility index (Phi) is 8.27. The minimum Gasteiger partial charge on any atom is -0.340 e. The second kappa shape index (κ2) is 12.0. The summed E-state index contributed by atoms with van der Waals surface area (Å²) >= 11 is 0. The van der Waals surface area contributed by atoms with E-state index in [0.717, 1.165) is 25.1 Å². The molecule has 11 heteroatoms. The first kappa shape index (κ1) is 26.9. The lowest BCUT2D eigenvalue weighted by Crippen LogP contribution is -2.54. The molecule has 0 unspecified atom stereocenters. The third-order valence-electron chi connectivity index (χ3n) is 7.47. The van der Waals surface area contributed by atoms with Crippen molar-refractivity contribution in [1.82, 2.24) is 35.4 Å². The van der Waals surface area contributed by atoms with Crippen LogP contribution in [0.5, 0.6) is 0 Å². The van der Waals surface area contributed by atoms with Gasteiger partial charge in [0.2, 0.25) is 5.91 Å². The Balaban J connectivity index is 1.19. The highest BCUT2D eigenvalue weighted by atomic mass is 19.1. The van der Waals surface area contributed by atoms with Gasteiger partial charge in [-0.15, -0.1) is 5.10 Å². The maximum absolute atomic E-state index is 14.9. The van der Waals surface area contributed by atoms with Crippen LogP contribution in [0, 0.1) is 11.6 Å². The summed E-state index contributed by atoms with van der Waals surface area (Å²) < 4.78 is 29.5. The molecule has 2 amide bonds. The molecule has 2 aromatic carbocycles. The third kappa shape index (κ3) is 6.66. The highest BCUT2D eigenvalue weighted by Crippen LogP contribution is 2.40. The molecule has 0 spiro atoms. The predicted octanol–water partition coefficient (Wildman–Crippen LogP) is 2.34. The van der Waals surface area contributed by atoms with Crippen LogP contribution < -0.4 is 10.6 Å². The number of carbonyl (C=O) groups is 2. The number of nitrogens with one attached hydrogen (secondary N) is 2. The first-order valence-electron chi connectivity index (χ1n) is 13.3. The Labute approximate surface area is 226 Å². The second-order valence-electron chi connectivity index (χ2n) is 10.3. The van der Waals surface area contributed by atoms with E-state index in [1.807, 2.05) is 19.2 Å². The molecule has 2 aliphatic rings. The Bertz CT molecular complexity index is 1280. The van der Waals surface area contributed by atoms with E-state index in [-0.39, 0.29) is 17.3 Å². The van der Waals surface area contributed by atoms with Crippen LogP contribution in [-0.4, -0.2) is 88.5 Å². The molecule has 0 radical (unpaired) electrons. The normalized spacial score (nSPS) is 20.0. The molecule has 9 nitrogen and oxygen atoms in total. The van der Waals surface area contributed by atoms with Crippen molar-refractivity contribution < 1.29 is 18.4 Å². The fourth-order valence-electron chi connectivity index (χ4n) is 5.01. The topological polar surface area (TPSA) is 95.4 Å². The molecule has 1 saturated carbocycles. The number of hydrogen-bond donors (Lipinski definition) is 2. The molecule has 206 valence electrons. The van der Waals surface area contributed by atoms with Gasteiger partial charge in [-0.05, 0) is 62.7 Å². The fraction of sp³-hybridized carbons (Fsp3) is 0.429. The van der Waals surface area contributed by atoms with Crippen molar-refractivity contribution in [2.24, 2.45) is 0 Å². The lowest BCUT2D eigenvalue weighted by atomic mass is 10.1. The Morgan fingerprint density at radius 2 is 1.85 bits per heavy atom. The highest BCUT2D eigenvalue weighted by Gasteiger charge is 2.37. The zero-order chi connectivity index (χ0) is 27.4. The van der Waals surface area contributed by atoms with Gasteiger partial charge in [0.15, 0.2) is 0 Å². The summed E-state index contributed by atoms with van der Waals surface area (Å²) in [5.41, 5.74) is 1.42. The van der Waals surface area contributed by atoms with Crippen LogP contribution in [0.25, 0.3) is 5.69 Å². The predicted molar refractivity (Wildman–Crippen MR) is 141 cm³/mol. The molecular formula is C28H33F2N7O2. The average Bonchev–Trinajstić information content (AvgIpc) is 3.49. The molecule has 2 fully saturated rings. The summed E-state index contributed by atoms with van der Waals surface area (Å²) in [5, 5.41) is 13.9. The maximum atomic E-state index is 14.9. The lowest BCUT2D eigenvalue weighted by molar-refractivity contribution is -0.135. The van der Waals surface area contributed by atoms with Crippen molar-refractivity contribution in [2.45, 2.75) is 37.3 Å². The molecule has 1 aliphatic heterocycles. The van der Waals surface area contributed by atoms with E-state index in [1.54, 1.807) is 17.2 Å². The van der Waals surface area contributed by atoms with Crippen LogP contribution in [0.2, 0.25) is 0 Å². The standard InChI is InChI=1S/C28H33F2N7O2/c1-35-13-15-36(16-14-35)28(39)25(3-2-10-31-26-18-23(26)19-4-6-20(29)7-5-19)33-27(38)22-9-8-21(17-24(22)30)37-12-11-32-34-37/h4-9,11-12,17,23,25-26,31H,2-3,10,13-16,18H2,1H3,(H,33,38)/t23-,25-,26+/m0/s1. The van der Waals surface area contributed by atoms with Gasteiger partial charge in [0.1, 0.15) is 17.7 Å². The van der Waals surface area contributed by atoms with Gasteiger partial charge < -0.3 is 20.4 Å². The van der Waals surface area contributed by atoms with Crippen molar-refractivity contribution in [1.29, 1.82) is 0 Å². The first-order chi connectivity index (χ1) is 18.9. The van der Waals surface area contributed by atoms with Gasteiger partial charge in [0.05, 0.1) is 23.6 Å². The third-order valence-corrected chi connectivity index (χ3v) is 7.47. The molecule has 2 N–H and O–H groups in total. The maximum Gasteiger partial charge on any atom is 0.254 e. The van der Waals surface area contributed by atoms with Crippen LogP contribution in [0.3, 0.4) is 0 Å². The highest BCUT2D eigenvalue weighted by molar-refractivity contribution is 5.98. The van der Waals surface area contributed by atoms with Crippen molar-refractivity contribution in [2.75, 3.05) is 39.8 Å². The molecule has 3 atom stereocenters. The Morgan fingerprint density at radius 3 is 2.54 bits per heavy atom. The number of likely N-dealkylation sites (N-methyl/N-ethyl adjacent to an activating group) is 1. The number of aromatic nitrogens is 3. The molecule has 3 aromatic rings. The second-order valence-corrected chi connectivity index (χ2v) is 10.3. The number of halogens is 2. The minimum absolute atomic E-state index is 0.131. The van der Waals surface area contributed by atoms with Gasteiger partial charge in [-0.1, -0.05) is 17.3 Å². The summed E-state index contributed by atoms with van der Waals surface area (Å²) in [6.45, 7) is 3.37. The summed E-state index contributed by atoms with van der Waals surface area (Å²) in [6, 6.07) is 10.3. The quantitative estimate of drug-likeness (QED) is 0.386. The molecule has 0 bridgehead atoms. The van der Waals surface area contributed by atoms with Crippen LogP contribution in [0.1, 0.15) is 41.1 Å². The van der Waals surface area contributed by atoms with Gasteiger partial charge in [-0.3, -0.25) is 9.59 Å². The number of amides is 2. The smallest absolute Gasteiger partial charge is 0.254 e. The van der Waals surface area contributed by atoms with E-state index in [0.29, 0.717) is 50.1 Å². The molecule has 39 heavy (non-hydrogen) atoms. The Morgan fingerprint density at radius 1 is 1.08 bits per heavy atom. The monoisotopic (exact) mass is 537 g/mol. The molecular weight excluding hydrogens is 504 g/mol. The van der Waals surface area contributed by atoms with Crippen molar-refractivity contribution in [3.8, 4) is 5.69 Å². The lowest BCUT2D eigenvalue weighted by Gasteiger charge is -2.34. The van der Waals surface area contributed by atoms with Gasteiger partial charge in [-0.2, -0.15) is 0 Å². The van der Waals surface area contributed by atoms with E-state index in [2.05, 4.69) is 25.8 Å². The van der Waals surface area contributed by atoms with Crippen LogP contribution in [0.4, 0.5) is 8.78 Å². The van der Waals surface area contributed by atoms with Gasteiger partial charge in [-0.25, -0.2) is 13.5 Å². The van der Waals surface area contributed by atoms with Crippen molar-refractivity contribution in [3.63, 3.8) is 0 Å². The van der Waals surface area contributed by atoms with E-state index in [9.17, 15) is 18.4 Å². The molecule has 2 heterocycles. The van der Waals surface area contributed by atoms with Crippen LogP contribution in [0.15, 0.2) is 54.9 Å². The van der Waals surface area contributed by atoms with Crippen LogP contribution >= 0.6 is 0 Å². The number of nitrogens with zero attached hydrogens (tertiary/aromatic N) is 5. The minimum atomic E-state index is -0.760. The zero-order valence-corrected chi connectivity index (χ0v) is 21.9. The molecule has 5 rings (SSSR count). The number of carbonyl (C=O) groups excluding carboxylic acids is 2. The molecule has 1 saturated heterocycles. The zero-order valence-electron chi connectivity index (χ0n) is 21.9. The number of rotatable bonds is 10. The number of benzene rings is 2. The first-order valence-corrected chi connectivity index (χ1v) is 13.3. The SMILES string of the molecule is CN1CCN(C(=O)[C@H](CCCN[C@@H]2C[C@H]2c2ccc(F)cc2)NC(=O)c2ccc(-n3ccnn3)cc2F)CC1. The Hall–Kier alpha value is -3.70. The van der Waals surface area contributed by atoms with E-state index < -0.39 is 17.8 Å². The molecule has 1 aliphatic carbocycles. The summed E-state index contributed by atoms with van der Waals surface area (Å²) in [6.07, 6.45) is 5.13.